The van der Waals surface area contributed by atoms with Crippen molar-refractivity contribution in [2.45, 2.75) is 13.1 Å². The molecular formula is C20H18F3N5O4S. The average Bonchev–Trinajstić information content (AvgIpc) is 2.72. The number of halogens is 3. The fraction of sp³-hybridized carbons (Fsp3) is 0.200. The van der Waals surface area contributed by atoms with E-state index in [9.17, 15) is 26.4 Å². The molecule has 0 saturated carbocycles. The molecule has 0 saturated heterocycles. The molecule has 0 fully saturated rings. The minimum atomic E-state index is -4.59. The van der Waals surface area contributed by atoms with Crippen molar-refractivity contribution >= 4 is 33.4 Å². The fourth-order valence-corrected chi connectivity index (χ4v) is 3.70. The molecule has 0 unspecified atom stereocenters. The molecule has 0 amide bonds. The van der Waals surface area contributed by atoms with E-state index >= 15 is 0 Å². The van der Waals surface area contributed by atoms with E-state index < -0.39 is 33.6 Å². The molecule has 0 bridgehead atoms. The minimum absolute atomic E-state index is 0.00557. The van der Waals surface area contributed by atoms with Crippen molar-refractivity contribution in [3.05, 3.63) is 60.0 Å². The number of hydrogen-bond acceptors (Lipinski definition) is 8. The molecule has 174 valence electrons. The standard InChI is InChI=1S/C20H18F3N5O4S/c1-12-7-14(9-15(8-12)26-19-24-6-5-16(27-19)20(21,22)23)13-3-4-17(25-10-13)28-33(30,31)11-18(29)32-2/h3-10H,11H2,1-2H3,(H,25,28)(H,24,26,27). The number of ether oxygens (including phenoxy) is 1. The summed E-state index contributed by atoms with van der Waals surface area (Å²) >= 11 is 0. The maximum Gasteiger partial charge on any atom is 0.433 e. The van der Waals surface area contributed by atoms with E-state index in [1.165, 1.54) is 12.3 Å². The Hall–Kier alpha value is -3.74. The van der Waals surface area contributed by atoms with Crippen LogP contribution < -0.4 is 10.0 Å². The maximum absolute atomic E-state index is 12.9. The Kier molecular flexibility index (Phi) is 6.81. The van der Waals surface area contributed by atoms with Gasteiger partial charge in [-0.1, -0.05) is 6.07 Å². The van der Waals surface area contributed by atoms with Gasteiger partial charge in [-0.15, -0.1) is 0 Å². The van der Waals surface area contributed by atoms with E-state index in [1.54, 1.807) is 25.1 Å². The first kappa shape index (κ1) is 23.9. The van der Waals surface area contributed by atoms with Crippen LogP contribution in [0.15, 0.2) is 48.8 Å². The lowest BCUT2D eigenvalue weighted by molar-refractivity contribution is -0.141. The summed E-state index contributed by atoms with van der Waals surface area (Å²) in [5, 5.41) is 2.76. The maximum atomic E-state index is 12.9. The van der Waals surface area contributed by atoms with E-state index in [4.69, 9.17) is 0 Å². The van der Waals surface area contributed by atoms with Gasteiger partial charge in [0, 0.05) is 23.6 Å². The number of esters is 1. The molecule has 0 spiro atoms. The number of aryl methyl sites for hydroxylation is 1. The zero-order valence-corrected chi connectivity index (χ0v) is 18.2. The van der Waals surface area contributed by atoms with Crippen molar-refractivity contribution in [1.29, 1.82) is 0 Å². The van der Waals surface area contributed by atoms with Crippen molar-refractivity contribution in [3.8, 4) is 11.1 Å². The highest BCUT2D eigenvalue weighted by Crippen LogP contribution is 2.29. The SMILES string of the molecule is COC(=O)CS(=O)(=O)Nc1ccc(-c2cc(C)cc(Nc3nccc(C(F)(F)F)n3)c2)cn1. The summed E-state index contributed by atoms with van der Waals surface area (Å²) in [6, 6.07) is 8.97. The second-order valence-corrected chi connectivity index (χ2v) is 8.57. The number of hydrogen-bond donors (Lipinski definition) is 2. The number of sulfonamides is 1. The third kappa shape index (κ3) is 6.62. The number of nitrogens with one attached hydrogen (secondary N) is 2. The number of aromatic nitrogens is 3. The molecular weight excluding hydrogens is 463 g/mol. The summed E-state index contributed by atoms with van der Waals surface area (Å²) in [4.78, 5) is 22.5. The Morgan fingerprint density at radius 2 is 1.85 bits per heavy atom. The Labute approximate surface area is 187 Å². The molecule has 3 rings (SSSR count). The number of rotatable bonds is 7. The first-order valence-corrected chi connectivity index (χ1v) is 10.9. The van der Waals surface area contributed by atoms with Gasteiger partial charge in [0.25, 0.3) is 0 Å². The first-order chi connectivity index (χ1) is 15.4. The number of anilines is 3. The molecule has 0 radical (unpaired) electrons. The molecule has 33 heavy (non-hydrogen) atoms. The third-order valence-electron chi connectivity index (χ3n) is 4.17. The van der Waals surface area contributed by atoms with E-state index in [1.807, 2.05) is 6.07 Å². The van der Waals surface area contributed by atoms with Crippen LogP contribution in [0.3, 0.4) is 0 Å². The molecule has 9 nitrogen and oxygen atoms in total. The molecule has 2 N–H and O–H groups in total. The molecule has 0 aliphatic rings. The Bertz CT molecular complexity index is 1270. The zero-order chi connectivity index (χ0) is 24.2. The monoisotopic (exact) mass is 481 g/mol. The summed E-state index contributed by atoms with van der Waals surface area (Å²) in [7, 11) is -2.90. The second kappa shape index (κ2) is 9.40. The average molecular weight is 481 g/mol. The van der Waals surface area contributed by atoms with E-state index in [2.05, 4.69) is 29.7 Å². The summed E-state index contributed by atoms with van der Waals surface area (Å²) in [6.07, 6.45) is -2.17. The predicted molar refractivity (Wildman–Crippen MR) is 114 cm³/mol. The van der Waals surface area contributed by atoms with Crippen LogP contribution in [0.25, 0.3) is 11.1 Å². The van der Waals surface area contributed by atoms with Gasteiger partial charge in [-0.3, -0.25) is 9.52 Å². The van der Waals surface area contributed by atoms with Crippen LogP contribution in [-0.4, -0.2) is 42.2 Å². The molecule has 3 aromatic rings. The number of nitrogens with zero attached hydrogens (tertiary/aromatic N) is 3. The number of pyridine rings is 1. The lowest BCUT2D eigenvalue weighted by Gasteiger charge is -2.11. The highest BCUT2D eigenvalue weighted by atomic mass is 32.2. The van der Waals surface area contributed by atoms with E-state index in [0.29, 0.717) is 16.8 Å². The zero-order valence-electron chi connectivity index (χ0n) is 17.3. The Balaban J connectivity index is 1.80. The molecule has 2 heterocycles. The van der Waals surface area contributed by atoms with Crippen molar-refractivity contribution in [1.82, 2.24) is 15.0 Å². The van der Waals surface area contributed by atoms with Crippen LogP contribution in [0.4, 0.5) is 30.6 Å². The van der Waals surface area contributed by atoms with Crippen molar-refractivity contribution < 1.29 is 31.1 Å². The molecule has 1 aromatic carbocycles. The normalized spacial score (nSPS) is 11.7. The topological polar surface area (TPSA) is 123 Å². The van der Waals surface area contributed by atoms with Gasteiger partial charge >= 0.3 is 12.1 Å². The second-order valence-electron chi connectivity index (χ2n) is 6.85. The van der Waals surface area contributed by atoms with Crippen molar-refractivity contribution in [2.75, 3.05) is 22.9 Å². The van der Waals surface area contributed by atoms with Crippen molar-refractivity contribution in [3.63, 3.8) is 0 Å². The van der Waals surface area contributed by atoms with E-state index in [0.717, 1.165) is 24.9 Å². The molecule has 0 atom stereocenters. The minimum Gasteiger partial charge on any atom is -0.468 e. The number of carbonyl (C=O) groups excluding carboxylic acids is 1. The van der Waals surface area contributed by atoms with Gasteiger partial charge < -0.3 is 10.1 Å². The van der Waals surface area contributed by atoms with Crippen LogP contribution in [0.1, 0.15) is 11.3 Å². The van der Waals surface area contributed by atoms with Crippen LogP contribution in [0.5, 0.6) is 0 Å². The smallest absolute Gasteiger partial charge is 0.433 e. The lowest BCUT2D eigenvalue weighted by atomic mass is 10.0. The first-order valence-electron chi connectivity index (χ1n) is 9.28. The molecule has 2 aromatic heterocycles. The summed E-state index contributed by atoms with van der Waals surface area (Å²) in [5.41, 5.74) is 1.46. The van der Waals surface area contributed by atoms with Gasteiger partial charge in [0.1, 0.15) is 11.5 Å². The number of benzene rings is 1. The highest BCUT2D eigenvalue weighted by Gasteiger charge is 2.32. The van der Waals surface area contributed by atoms with Gasteiger partial charge in [-0.25, -0.2) is 23.4 Å². The summed E-state index contributed by atoms with van der Waals surface area (Å²) < 4.78 is 69.0. The largest absolute Gasteiger partial charge is 0.468 e. The molecule has 0 aliphatic heterocycles. The van der Waals surface area contributed by atoms with Gasteiger partial charge in [0.2, 0.25) is 16.0 Å². The van der Waals surface area contributed by atoms with Crippen LogP contribution in [-0.2, 0) is 25.7 Å². The van der Waals surface area contributed by atoms with Gasteiger partial charge in [-0.05, 0) is 48.4 Å². The molecule has 0 aliphatic carbocycles. The highest BCUT2D eigenvalue weighted by molar-refractivity contribution is 7.93. The fourth-order valence-electron chi connectivity index (χ4n) is 2.76. The Morgan fingerprint density at radius 3 is 2.48 bits per heavy atom. The third-order valence-corrected chi connectivity index (χ3v) is 5.31. The predicted octanol–water partition coefficient (Wildman–Crippen LogP) is 3.52. The van der Waals surface area contributed by atoms with E-state index in [-0.39, 0.29) is 11.8 Å². The number of carbonyl (C=O) groups is 1. The van der Waals surface area contributed by atoms with Gasteiger partial charge in [-0.2, -0.15) is 13.2 Å². The van der Waals surface area contributed by atoms with Crippen LogP contribution in [0, 0.1) is 6.92 Å². The van der Waals surface area contributed by atoms with Crippen molar-refractivity contribution in [2.24, 2.45) is 0 Å². The molecule has 13 heteroatoms. The summed E-state index contributed by atoms with van der Waals surface area (Å²) in [5.74, 6) is -1.97. The Morgan fingerprint density at radius 1 is 1.09 bits per heavy atom. The summed E-state index contributed by atoms with van der Waals surface area (Å²) in [6.45, 7) is 1.80. The van der Waals surface area contributed by atoms with Crippen LogP contribution >= 0.6 is 0 Å². The number of methoxy groups -OCH3 is 1. The van der Waals surface area contributed by atoms with Gasteiger partial charge in [0.05, 0.1) is 7.11 Å². The van der Waals surface area contributed by atoms with Crippen LogP contribution in [0.2, 0.25) is 0 Å². The van der Waals surface area contributed by atoms with Gasteiger partial charge in [0.15, 0.2) is 5.75 Å². The lowest BCUT2D eigenvalue weighted by Crippen LogP contribution is -2.24. The quantitative estimate of drug-likeness (QED) is 0.492. The number of alkyl halides is 3.